The number of aromatic nitrogens is 3. The zero-order valence-corrected chi connectivity index (χ0v) is 12.5. The summed E-state index contributed by atoms with van der Waals surface area (Å²) < 4.78 is 0. The molecule has 9 nitrogen and oxygen atoms in total. The molecule has 0 spiro atoms. The van der Waals surface area contributed by atoms with Crippen LogP contribution in [0.25, 0.3) is 0 Å². The number of nitrogens with zero attached hydrogens (tertiary/aromatic N) is 2. The van der Waals surface area contributed by atoms with Crippen molar-refractivity contribution in [1.82, 2.24) is 15.4 Å². The van der Waals surface area contributed by atoms with Crippen LogP contribution < -0.4 is 0 Å². The second kappa shape index (κ2) is 12.2. The first kappa shape index (κ1) is 20.6. The SMILES string of the molecule is CCCCCC(=O)C(O)C(O)C(O)C(O)CO.c1c[nH]nn1. The van der Waals surface area contributed by atoms with Gasteiger partial charge in [0.25, 0.3) is 0 Å². The molecule has 0 radical (unpaired) electrons. The molecule has 0 saturated carbocycles. The Morgan fingerprint density at radius 2 is 1.86 bits per heavy atom. The number of H-pyrrole nitrogens is 1. The van der Waals surface area contributed by atoms with Gasteiger partial charge in [-0.15, -0.1) is 5.10 Å². The van der Waals surface area contributed by atoms with Crippen LogP contribution >= 0.6 is 0 Å². The van der Waals surface area contributed by atoms with Crippen LogP contribution in [0, 0.1) is 0 Å². The maximum absolute atomic E-state index is 11.4. The molecule has 0 aliphatic carbocycles. The molecule has 0 aliphatic heterocycles. The van der Waals surface area contributed by atoms with Gasteiger partial charge in [0, 0.05) is 12.6 Å². The summed E-state index contributed by atoms with van der Waals surface area (Å²) in [4.78, 5) is 11.4. The van der Waals surface area contributed by atoms with Gasteiger partial charge in [-0.2, -0.15) is 0 Å². The van der Waals surface area contributed by atoms with E-state index in [1.54, 1.807) is 12.4 Å². The second-order valence-corrected chi connectivity index (χ2v) is 4.76. The average molecular weight is 319 g/mol. The van der Waals surface area contributed by atoms with E-state index < -0.39 is 36.8 Å². The molecule has 4 atom stereocenters. The Bertz CT molecular complexity index is 359. The van der Waals surface area contributed by atoms with Crippen molar-refractivity contribution in [2.24, 2.45) is 0 Å². The Morgan fingerprint density at radius 1 is 1.18 bits per heavy atom. The van der Waals surface area contributed by atoms with Crippen molar-refractivity contribution in [3.8, 4) is 0 Å². The first-order chi connectivity index (χ1) is 10.5. The molecule has 4 unspecified atom stereocenters. The highest BCUT2D eigenvalue weighted by molar-refractivity contribution is 5.83. The Hall–Kier alpha value is -1.39. The topological polar surface area (TPSA) is 160 Å². The monoisotopic (exact) mass is 319 g/mol. The highest BCUT2D eigenvalue weighted by Gasteiger charge is 2.33. The summed E-state index contributed by atoms with van der Waals surface area (Å²) in [6.07, 6.45) is -1.11. The maximum Gasteiger partial charge on any atom is 0.164 e. The molecular formula is C13H25N3O6. The van der Waals surface area contributed by atoms with Crippen molar-refractivity contribution < 1.29 is 30.3 Å². The van der Waals surface area contributed by atoms with Crippen molar-refractivity contribution in [1.29, 1.82) is 0 Å². The fourth-order valence-electron chi connectivity index (χ4n) is 1.58. The molecule has 0 aromatic carbocycles. The number of rotatable bonds is 9. The Morgan fingerprint density at radius 3 is 2.27 bits per heavy atom. The molecule has 9 heteroatoms. The van der Waals surface area contributed by atoms with E-state index in [1.807, 2.05) is 6.92 Å². The number of carbonyl (C=O) groups is 1. The highest BCUT2D eigenvalue weighted by atomic mass is 16.4. The van der Waals surface area contributed by atoms with E-state index in [-0.39, 0.29) is 6.42 Å². The highest BCUT2D eigenvalue weighted by Crippen LogP contribution is 2.09. The predicted octanol–water partition coefficient (Wildman–Crippen LogP) is -1.62. The first-order valence-electron chi connectivity index (χ1n) is 7.11. The minimum absolute atomic E-state index is 0.119. The second-order valence-electron chi connectivity index (χ2n) is 4.76. The van der Waals surface area contributed by atoms with Gasteiger partial charge in [0.2, 0.25) is 0 Å². The van der Waals surface area contributed by atoms with Crippen LogP contribution in [0.5, 0.6) is 0 Å². The number of aromatic amines is 1. The molecule has 1 aromatic rings. The molecule has 6 N–H and O–H groups in total. The number of aliphatic hydroxyl groups excluding tert-OH is 5. The third-order valence-corrected chi connectivity index (χ3v) is 2.94. The molecule has 22 heavy (non-hydrogen) atoms. The standard InChI is InChI=1S/C11H22O6.C2H3N3/c1-2-3-4-5-7(13)9(15)11(17)10(16)8(14)6-12;1-2-4-5-3-1/h8-12,14-17H,2-6H2,1H3;1-2H,(H,3,4,5). The predicted molar refractivity (Wildman–Crippen MR) is 76.6 cm³/mol. The lowest BCUT2D eigenvalue weighted by Gasteiger charge is -2.24. The summed E-state index contributed by atoms with van der Waals surface area (Å²) in [7, 11) is 0. The lowest BCUT2D eigenvalue weighted by Crippen LogP contribution is -2.48. The maximum atomic E-state index is 11.4. The van der Waals surface area contributed by atoms with E-state index in [1.165, 1.54) is 0 Å². The minimum Gasteiger partial charge on any atom is -0.394 e. The van der Waals surface area contributed by atoms with Crippen molar-refractivity contribution in [2.45, 2.75) is 57.0 Å². The van der Waals surface area contributed by atoms with Gasteiger partial charge in [-0.25, -0.2) is 0 Å². The van der Waals surface area contributed by atoms with Crippen molar-refractivity contribution >= 4 is 5.78 Å². The number of hydrogen-bond acceptors (Lipinski definition) is 8. The molecule has 0 saturated heterocycles. The Balaban J connectivity index is 0.000000734. The van der Waals surface area contributed by atoms with E-state index in [2.05, 4.69) is 15.4 Å². The normalized spacial score (nSPS) is 16.1. The molecule has 0 aliphatic rings. The van der Waals surface area contributed by atoms with Crippen LogP contribution in [0.2, 0.25) is 0 Å². The van der Waals surface area contributed by atoms with Crippen LogP contribution in [0.3, 0.4) is 0 Å². The molecular weight excluding hydrogens is 294 g/mol. The van der Waals surface area contributed by atoms with Crippen LogP contribution in [0.1, 0.15) is 32.6 Å². The zero-order valence-electron chi connectivity index (χ0n) is 12.5. The van der Waals surface area contributed by atoms with Gasteiger partial charge in [-0.05, 0) is 6.42 Å². The molecule has 1 aromatic heterocycles. The van der Waals surface area contributed by atoms with Gasteiger partial charge in [0.1, 0.15) is 24.4 Å². The smallest absolute Gasteiger partial charge is 0.164 e. The first-order valence-corrected chi connectivity index (χ1v) is 7.11. The Labute approximate surface area is 128 Å². The van der Waals surface area contributed by atoms with Gasteiger partial charge < -0.3 is 25.5 Å². The van der Waals surface area contributed by atoms with Crippen molar-refractivity contribution in [2.75, 3.05) is 6.61 Å². The quantitative estimate of drug-likeness (QED) is 0.296. The summed E-state index contributed by atoms with van der Waals surface area (Å²) in [5, 5.41) is 55.1. The summed E-state index contributed by atoms with van der Waals surface area (Å²) >= 11 is 0. The molecule has 0 bridgehead atoms. The number of carbonyl (C=O) groups excluding carboxylic acids is 1. The lowest BCUT2D eigenvalue weighted by atomic mass is 9.97. The number of aliphatic hydroxyl groups is 5. The van der Waals surface area contributed by atoms with Crippen LogP contribution in [-0.4, -0.2) is 77.7 Å². The number of ketones is 1. The molecule has 128 valence electrons. The summed E-state index contributed by atoms with van der Waals surface area (Å²) in [5.41, 5.74) is 0. The summed E-state index contributed by atoms with van der Waals surface area (Å²) in [6, 6.07) is 0. The van der Waals surface area contributed by atoms with Gasteiger partial charge in [-0.3, -0.25) is 9.89 Å². The number of nitrogens with one attached hydrogen (secondary N) is 1. The lowest BCUT2D eigenvalue weighted by molar-refractivity contribution is -0.147. The third-order valence-electron chi connectivity index (χ3n) is 2.94. The largest absolute Gasteiger partial charge is 0.394 e. The van der Waals surface area contributed by atoms with Crippen molar-refractivity contribution in [3.63, 3.8) is 0 Å². The fraction of sp³-hybridized carbons (Fsp3) is 0.769. The average Bonchev–Trinajstić information content (AvgIpc) is 3.11. The summed E-state index contributed by atoms with van der Waals surface area (Å²) in [5.74, 6) is -0.574. The third kappa shape index (κ3) is 8.15. The Kier molecular flexibility index (Phi) is 11.4. The molecule has 1 heterocycles. The van der Waals surface area contributed by atoms with E-state index in [4.69, 9.17) is 10.2 Å². The molecule has 1 rings (SSSR count). The van der Waals surface area contributed by atoms with E-state index in [0.717, 1.165) is 12.8 Å². The van der Waals surface area contributed by atoms with Gasteiger partial charge in [0.05, 0.1) is 12.8 Å². The summed E-state index contributed by atoms with van der Waals surface area (Å²) in [6.45, 7) is 1.21. The van der Waals surface area contributed by atoms with Gasteiger partial charge in [-0.1, -0.05) is 25.0 Å². The number of hydrogen-bond donors (Lipinski definition) is 6. The minimum atomic E-state index is -1.79. The van der Waals surface area contributed by atoms with Gasteiger partial charge >= 0.3 is 0 Å². The van der Waals surface area contributed by atoms with E-state index in [9.17, 15) is 20.1 Å². The van der Waals surface area contributed by atoms with Gasteiger partial charge in [0.15, 0.2) is 5.78 Å². The number of unbranched alkanes of at least 4 members (excludes halogenated alkanes) is 2. The zero-order chi connectivity index (χ0) is 17.0. The molecule has 0 fully saturated rings. The van der Waals surface area contributed by atoms with Crippen molar-refractivity contribution in [3.05, 3.63) is 12.4 Å². The van der Waals surface area contributed by atoms with Crippen LogP contribution in [-0.2, 0) is 4.79 Å². The fourth-order valence-corrected chi connectivity index (χ4v) is 1.58. The van der Waals surface area contributed by atoms with E-state index in [0.29, 0.717) is 6.42 Å². The van der Waals surface area contributed by atoms with Crippen LogP contribution in [0.4, 0.5) is 0 Å². The van der Waals surface area contributed by atoms with Crippen LogP contribution in [0.15, 0.2) is 12.4 Å². The van der Waals surface area contributed by atoms with E-state index >= 15 is 0 Å². The number of Topliss-reactive ketones (excluding diaryl/α,β-unsaturated/α-hetero) is 1. The molecule has 0 amide bonds.